The summed E-state index contributed by atoms with van der Waals surface area (Å²) in [4.78, 5) is 140. The van der Waals surface area contributed by atoms with Crippen LogP contribution in [0.1, 0.15) is 81.4 Å². The average molecular weight is 1060 g/mol. The van der Waals surface area contributed by atoms with Gasteiger partial charge in [-0.15, -0.1) is 0 Å². The number of carbonyl (C=O) groups is 10. The number of hydrogen-bond donors (Lipinski definition) is 17. The van der Waals surface area contributed by atoms with Crippen LogP contribution in [0, 0.1) is 17.7 Å². The van der Waals surface area contributed by atoms with Crippen LogP contribution in [-0.4, -0.2) is 138 Å². The number of nitrogens with two attached hydrogens (primary N) is 4. The van der Waals surface area contributed by atoms with Crippen LogP contribution in [-0.2, 0) is 60.8 Å². The number of nitrogens with one attached hydrogen (secondary N) is 13. The number of aryl methyl sites for hydroxylation is 1. The number of para-hydroxylation sites is 1. The van der Waals surface area contributed by atoms with Crippen molar-refractivity contribution in [1.82, 2.24) is 58.2 Å². The third kappa shape index (κ3) is 19.9. The Morgan fingerprint density at radius 1 is 0.697 bits per heavy atom. The fourth-order valence-corrected chi connectivity index (χ4v) is 8.34. The molecule has 1 aliphatic rings. The van der Waals surface area contributed by atoms with Gasteiger partial charge in [-0.05, 0) is 74.6 Å². The Kier molecular flexibility index (Phi) is 23.4. The van der Waals surface area contributed by atoms with Crippen LogP contribution in [0.3, 0.4) is 0 Å². The van der Waals surface area contributed by atoms with Crippen molar-refractivity contribution >= 4 is 81.9 Å². The van der Waals surface area contributed by atoms with Gasteiger partial charge in [-0.3, -0.25) is 58.8 Å². The van der Waals surface area contributed by atoms with Crippen molar-refractivity contribution < 1.29 is 47.9 Å². The molecule has 76 heavy (non-hydrogen) atoms. The van der Waals surface area contributed by atoms with Crippen molar-refractivity contribution in [3.05, 3.63) is 71.4 Å². The Labute approximate surface area is 438 Å². The Balaban J connectivity index is 1.78. The normalized spacial score (nSPS) is 20.9. The van der Waals surface area contributed by atoms with E-state index in [4.69, 9.17) is 33.8 Å². The predicted octanol–water partition coefficient (Wildman–Crippen LogP) is -3.75. The van der Waals surface area contributed by atoms with E-state index in [-0.39, 0.29) is 95.8 Å². The van der Waals surface area contributed by atoms with Crippen LogP contribution in [0.4, 0.5) is 0 Å². The molecule has 0 bridgehead atoms. The monoisotopic (exact) mass is 1060 g/mol. The van der Waals surface area contributed by atoms with Crippen LogP contribution in [0.25, 0.3) is 10.9 Å². The van der Waals surface area contributed by atoms with Gasteiger partial charge >= 0.3 is 0 Å². The first-order chi connectivity index (χ1) is 36.1. The zero-order chi connectivity index (χ0) is 55.9. The SMILES string of the molecule is CC(=O)N[C@@H](CCCNC(=N)N)C(=O)N[C@H]1CCCNC(=O)CCC(C(N)=O)NC(=O)[C@H](Cc2c[nH]c3ccccc23)NC(=O)[C@H](CCCNC(=N)N)NC(=O)[C@@H](Cc2ccccc2C)NC(=O)[C@H](CC(N)=O)NC1=O. The number of primary amides is 2. The minimum atomic E-state index is -1.75. The van der Waals surface area contributed by atoms with E-state index in [0.29, 0.717) is 16.7 Å². The molecule has 1 unspecified atom stereocenters. The number of carbonyl (C=O) groups excluding carboxylic acids is 10. The second-order valence-corrected chi connectivity index (χ2v) is 18.4. The first-order valence-corrected chi connectivity index (χ1v) is 24.8. The molecule has 7 atom stereocenters. The van der Waals surface area contributed by atoms with Gasteiger partial charge < -0.3 is 81.1 Å². The molecule has 2 aromatic carbocycles. The first kappa shape index (κ1) is 59.8. The average Bonchev–Trinajstić information content (AvgIpc) is 3.76. The highest BCUT2D eigenvalue weighted by Gasteiger charge is 2.35. The molecule has 4 rings (SSSR count). The molecular formula is C49H71N17O10. The van der Waals surface area contributed by atoms with Gasteiger partial charge in [-0.25, -0.2) is 0 Å². The molecule has 27 heteroatoms. The molecule has 0 radical (unpaired) electrons. The van der Waals surface area contributed by atoms with E-state index < -0.39 is 108 Å². The molecule has 0 spiro atoms. The highest BCUT2D eigenvalue weighted by Crippen LogP contribution is 2.20. The number of guanidine groups is 2. The lowest BCUT2D eigenvalue weighted by atomic mass is 9.99. The van der Waals surface area contributed by atoms with Gasteiger partial charge in [-0.2, -0.15) is 0 Å². The van der Waals surface area contributed by atoms with Crippen molar-refractivity contribution in [2.24, 2.45) is 22.9 Å². The summed E-state index contributed by atoms with van der Waals surface area (Å²) in [6, 6.07) is 3.94. The number of fused-ring (bicyclic) bond motifs is 1. The van der Waals surface area contributed by atoms with Gasteiger partial charge in [0.15, 0.2) is 11.9 Å². The fourth-order valence-electron chi connectivity index (χ4n) is 8.34. The van der Waals surface area contributed by atoms with Crippen LogP contribution < -0.4 is 76.1 Å². The fraction of sp³-hybridized carbons (Fsp3) is 0.469. The summed E-state index contributed by atoms with van der Waals surface area (Å²) in [5.74, 6) is -9.36. The molecule has 10 amide bonds. The van der Waals surface area contributed by atoms with E-state index in [9.17, 15) is 47.9 Å². The second-order valence-electron chi connectivity index (χ2n) is 18.4. The van der Waals surface area contributed by atoms with Crippen LogP contribution in [0.15, 0.2) is 54.7 Å². The Hall–Kier alpha value is -8.78. The van der Waals surface area contributed by atoms with Crippen molar-refractivity contribution in [2.75, 3.05) is 19.6 Å². The molecule has 21 N–H and O–H groups in total. The summed E-state index contributed by atoms with van der Waals surface area (Å²) < 4.78 is 0. The molecule has 2 heterocycles. The van der Waals surface area contributed by atoms with Gasteiger partial charge in [0.25, 0.3) is 0 Å². The molecule has 1 saturated heterocycles. The number of rotatable bonds is 18. The standard InChI is InChI=1S/C49H71N17O10/c1-26-10-3-4-11-28(26)22-36-46(75)63-35(16-9-21-58-49(54)55)43(72)64-37(23-29-25-59-31-13-6-5-12-30(29)31)45(74)61-32(41(51)70)17-18-40(69)56-19-7-15-34(44(73)66-38(24-39(50)68)47(76)65-36)62-42(71)33(60-27(2)67)14-8-20-57-48(52)53/h3-6,10-13,25,32-38,59H,7-9,14-24H2,1-2H3,(H2,50,68)(H2,51,70)(H,56,69)(H,60,67)(H,61,74)(H,62,71)(H,63,75)(H,64,72)(H,65,76)(H,66,73)(H4,52,53,57)(H4,54,55,58)/t32?,33-,34-,35-,36+,37-,38-/m0/s1. The van der Waals surface area contributed by atoms with Crippen molar-refractivity contribution in [2.45, 2.75) is 127 Å². The molecule has 27 nitrogen and oxygen atoms in total. The molecule has 1 fully saturated rings. The third-order valence-electron chi connectivity index (χ3n) is 12.3. The molecule has 0 saturated carbocycles. The predicted molar refractivity (Wildman–Crippen MR) is 279 cm³/mol. The molecule has 412 valence electrons. The number of hydrogen-bond acceptors (Lipinski definition) is 12. The molecule has 1 aliphatic heterocycles. The van der Waals surface area contributed by atoms with Gasteiger partial charge in [0.2, 0.25) is 59.1 Å². The van der Waals surface area contributed by atoms with E-state index >= 15 is 0 Å². The van der Waals surface area contributed by atoms with Crippen LogP contribution >= 0.6 is 0 Å². The zero-order valence-corrected chi connectivity index (χ0v) is 42.5. The van der Waals surface area contributed by atoms with Gasteiger partial charge in [0.1, 0.15) is 42.3 Å². The van der Waals surface area contributed by atoms with Gasteiger partial charge in [-0.1, -0.05) is 42.5 Å². The summed E-state index contributed by atoms with van der Waals surface area (Å²) >= 11 is 0. The highest BCUT2D eigenvalue weighted by molar-refractivity contribution is 5.99. The van der Waals surface area contributed by atoms with Gasteiger partial charge in [0.05, 0.1) is 6.42 Å². The minimum Gasteiger partial charge on any atom is -0.370 e. The van der Waals surface area contributed by atoms with E-state index in [2.05, 4.69) is 58.2 Å². The molecule has 1 aromatic heterocycles. The maximum Gasteiger partial charge on any atom is 0.243 e. The molecular weight excluding hydrogens is 987 g/mol. The van der Waals surface area contributed by atoms with E-state index in [1.54, 1.807) is 55.6 Å². The summed E-state index contributed by atoms with van der Waals surface area (Å²) in [6.45, 7) is 3.10. The summed E-state index contributed by atoms with van der Waals surface area (Å²) in [7, 11) is 0. The number of aromatic amines is 1. The topological polar surface area (TPSA) is 459 Å². The van der Waals surface area contributed by atoms with E-state index in [1.165, 1.54) is 6.92 Å². The zero-order valence-electron chi connectivity index (χ0n) is 42.5. The Bertz CT molecular complexity index is 2610. The van der Waals surface area contributed by atoms with Crippen molar-refractivity contribution in [1.29, 1.82) is 10.8 Å². The van der Waals surface area contributed by atoms with E-state index in [1.807, 2.05) is 6.07 Å². The largest absolute Gasteiger partial charge is 0.370 e. The number of H-pyrrole nitrogens is 1. The van der Waals surface area contributed by atoms with E-state index in [0.717, 1.165) is 10.9 Å². The van der Waals surface area contributed by atoms with Gasteiger partial charge in [0, 0.05) is 62.9 Å². The number of amides is 10. The summed E-state index contributed by atoms with van der Waals surface area (Å²) in [5.41, 5.74) is 24.8. The maximum atomic E-state index is 14.7. The highest BCUT2D eigenvalue weighted by atomic mass is 16.2. The lowest BCUT2D eigenvalue weighted by molar-refractivity contribution is -0.136. The summed E-state index contributed by atoms with van der Waals surface area (Å²) in [5, 5.41) is 41.8. The second kappa shape index (κ2) is 29.8. The smallest absolute Gasteiger partial charge is 0.243 e. The van der Waals surface area contributed by atoms with Crippen molar-refractivity contribution in [3.63, 3.8) is 0 Å². The maximum absolute atomic E-state index is 14.7. The first-order valence-electron chi connectivity index (χ1n) is 24.8. The van der Waals surface area contributed by atoms with Crippen LogP contribution in [0.2, 0.25) is 0 Å². The molecule has 0 aliphatic carbocycles. The Morgan fingerprint density at radius 2 is 1.28 bits per heavy atom. The summed E-state index contributed by atoms with van der Waals surface area (Å²) in [6.07, 6.45) is 0.0520. The number of benzene rings is 2. The van der Waals surface area contributed by atoms with Crippen molar-refractivity contribution in [3.8, 4) is 0 Å². The lowest BCUT2D eigenvalue weighted by Gasteiger charge is -2.28. The molecule has 3 aromatic rings. The quantitative estimate of drug-likeness (QED) is 0.0331. The van der Waals surface area contributed by atoms with Crippen LogP contribution in [0.5, 0.6) is 0 Å². The minimum absolute atomic E-state index is 0.0139. The Morgan fingerprint density at radius 3 is 1.92 bits per heavy atom. The number of aromatic nitrogens is 1. The third-order valence-corrected chi connectivity index (χ3v) is 12.3. The lowest BCUT2D eigenvalue weighted by Crippen LogP contribution is -2.61.